The van der Waals surface area contributed by atoms with Gasteiger partial charge in [0.1, 0.15) is 17.7 Å². The summed E-state index contributed by atoms with van der Waals surface area (Å²) in [6, 6.07) is 7.42. The van der Waals surface area contributed by atoms with Gasteiger partial charge in [-0.25, -0.2) is 0 Å². The van der Waals surface area contributed by atoms with Gasteiger partial charge in [-0.05, 0) is 23.8 Å². The molecule has 0 radical (unpaired) electrons. The number of ether oxygens (including phenoxy) is 3. The van der Waals surface area contributed by atoms with Crippen LogP contribution in [-0.2, 0) is 4.74 Å². The lowest BCUT2D eigenvalue weighted by Gasteiger charge is -2.26. The number of nitrogens with zero attached hydrogens (tertiary/aromatic N) is 2. The van der Waals surface area contributed by atoms with Gasteiger partial charge in [-0.2, -0.15) is 5.26 Å². The molecule has 1 saturated heterocycles. The molecule has 0 unspecified atom stereocenters. The van der Waals surface area contributed by atoms with Crippen molar-refractivity contribution in [3.8, 4) is 17.6 Å². The number of hydrogen-bond donors (Lipinski definition) is 1. The van der Waals surface area contributed by atoms with Crippen molar-refractivity contribution < 1.29 is 14.2 Å². The predicted octanol–water partition coefficient (Wildman–Crippen LogP) is 1.60. The monoisotopic (exact) mass is 347 g/mol. The molecule has 0 spiro atoms. The molecule has 0 aliphatic carbocycles. The third-order valence-corrected chi connectivity index (χ3v) is 3.87. The van der Waals surface area contributed by atoms with Crippen LogP contribution in [0.15, 0.2) is 23.8 Å². The molecule has 2 N–H and O–H groups in total. The Hall–Kier alpha value is -2.14. The summed E-state index contributed by atoms with van der Waals surface area (Å²) < 4.78 is 16.5. The van der Waals surface area contributed by atoms with E-state index in [1.54, 1.807) is 19.3 Å². The van der Waals surface area contributed by atoms with E-state index in [1.165, 1.54) is 0 Å². The van der Waals surface area contributed by atoms with E-state index < -0.39 is 0 Å². The summed E-state index contributed by atoms with van der Waals surface area (Å²) >= 11 is 4.84. The number of nitrogens with two attached hydrogens (primary N) is 1. The van der Waals surface area contributed by atoms with Crippen molar-refractivity contribution in [1.29, 1.82) is 5.26 Å². The van der Waals surface area contributed by atoms with E-state index >= 15 is 0 Å². The zero-order chi connectivity index (χ0) is 17.4. The minimum absolute atomic E-state index is 0.0716. The summed E-state index contributed by atoms with van der Waals surface area (Å²) in [6.07, 6.45) is 1.63. The smallest absolute Gasteiger partial charge is 0.161 e. The van der Waals surface area contributed by atoms with Gasteiger partial charge in [0.2, 0.25) is 0 Å². The maximum atomic E-state index is 9.02. The zero-order valence-electron chi connectivity index (χ0n) is 13.7. The molecule has 1 aliphatic rings. The molecule has 2 rings (SSSR count). The molecule has 1 aliphatic heterocycles. The van der Waals surface area contributed by atoms with E-state index in [2.05, 4.69) is 4.90 Å². The molecule has 0 atom stereocenters. The highest BCUT2D eigenvalue weighted by Gasteiger charge is 2.11. The lowest BCUT2D eigenvalue weighted by Crippen LogP contribution is -2.38. The second-order valence-corrected chi connectivity index (χ2v) is 5.69. The summed E-state index contributed by atoms with van der Waals surface area (Å²) in [5.74, 6) is 1.27. The van der Waals surface area contributed by atoms with E-state index in [9.17, 15) is 0 Å². The third kappa shape index (κ3) is 5.20. The largest absolute Gasteiger partial charge is 0.493 e. The zero-order valence-corrected chi connectivity index (χ0v) is 14.5. The van der Waals surface area contributed by atoms with Crippen LogP contribution in [0, 0.1) is 11.3 Å². The first-order valence-corrected chi connectivity index (χ1v) is 8.07. The maximum Gasteiger partial charge on any atom is 0.161 e. The van der Waals surface area contributed by atoms with Gasteiger partial charge < -0.3 is 19.9 Å². The second-order valence-electron chi connectivity index (χ2n) is 5.25. The Kier molecular flexibility index (Phi) is 7.00. The molecule has 7 heteroatoms. The van der Waals surface area contributed by atoms with Crippen LogP contribution in [0.25, 0.3) is 6.08 Å². The number of hydrogen-bond acceptors (Lipinski definition) is 6. The predicted molar refractivity (Wildman–Crippen MR) is 96.1 cm³/mol. The van der Waals surface area contributed by atoms with Crippen LogP contribution in [0.2, 0.25) is 0 Å². The maximum absolute atomic E-state index is 9.02. The first kappa shape index (κ1) is 18.2. The molecular weight excluding hydrogens is 326 g/mol. The van der Waals surface area contributed by atoms with Crippen molar-refractivity contribution in [3.63, 3.8) is 0 Å². The molecule has 6 nitrogen and oxygen atoms in total. The van der Waals surface area contributed by atoms with Gasteiger partial charge in [0.15, 0.2) is 11.5 Å². The average Bonchev–Trinajstić information content (AvgIpc) is 2.61. The fraction of sp³-hybridized carbons (Fsp3) is 0.412. The number of benzene rings is 1. The Morgan fingerprint density at radius 1 is 1.42 bits per heavy atom. The van der Waals surface area contributed by atoms with E-state index in [0.717, 1.165) is 38.4 Å². The van der Waals surface area contributed by atoms with Gasteiger partial charge in [0.25, 0.3) is 0 Å². The van der Waals surface area contributed by atoms with Crippen LogP contribution in [0.3, 0.4) is 0 Å². The van der Waals surface area contributed by atoms with Crippen LogP contribution >= 0.6 is 12.2 Å². The molecule has 1 heterocycles. The second kappa shape index (κ2) is 9.23. The highest BCUT2D eigenvalue weighted by Crippen LogP contribution is 2.29. The quantitative estimate of drug-likeness (QED) is 0.456. The standard InChI is InChI=1S/C17H21N3O3S/c1-21-16-11-13(10-14(12-18)17(19)24)2-3-15(16)23-9-6-20-4-7-22-8-5-20/h2-3,10-11H,4-9H2,1H3,(H2,19,24)/b14-10-. The Morgan fingerprint density at radius 2 is 2.17 bits per heavy atom. The minimum Gasteiger partial charge on any atom is -0.493 e. The first-order valence-electron chi connectivity index (χ1n) is 7.66. The Bertz CT molecular complexity index is 649. The van der Waals surface area contributed by atoms with Crippen molar-refractivity contribution in [2.24, 2.45) is 5.73 Å². The molecule has 0 amide bonds. The van der Waals surface area contributed by atoms with Crippen molar-refractivity contribution in [2.45, 2.75) is 0 Å². The van der Waals surface area contributed by atoms with Crippen LogP contribution in [0.5, 0.6) is 11.5 Å². The van der Waals surface area contributed by atoms with Gasteiger partial charge in [0.05, 0.1) is 25.9 Å². The van der Waals surface area contributed by atoms with Gasteiger partial charge >= 0.3 is 0 Å². The average molecular weight is 347 g/mol. The normalized spacial score (nSPS) is 15.6. The summed E-state index contributed by atoms with van der Waals surface area (Å²) in [7, 11) is 1.58. The summed E-state index contributed by atoms with van der Waals surface area (Å²) in [5.41, 5.74) is 6.54. The molecule has 24 heavy (non-hydrogen) atoms. The van der Waals surface area contributed by atoms with E-state index in [4.69, 9.17) is 37.4 Å². The van der Waals surface area contributed by atoms with Crippen LogP contribution < -0.4 is 15.2 Å². The Labute approximate surface area is 147 Å². The van der Waals surface area contributed by atoms with Crippen molar-refractivity contribution in [1.82, 2.24) is 4.90 Å². The molecule has 1 fully saturated rings. The molecule has 1 aromatic rings. The van der Waals surface area contributed by atoms with Gasteiger partial charge in [-0.1, -0.05) is 18.3 Å². The Morgan fingerprint density at radius 3 is 2.79 bits per heavy atom. The molecule has 0 saturated carbocycles. The third-order valence-electron chi connectivity index (χ3n) is 3.65. The van der Waals surface area contributed by atoms with E-state index in [-0.39, 0.29) is 10.6 Å². The molecule has 128 valence electrons. The Balaban J connectivity index is 2.00. The van der Waals surface area contributed by atoms with Crippen LogP contribution in [-0.4, -0.2) is 56.5 Å². The van der Waals surface area contributed by atoms with Crippen molar-refractivity contribution in [3.05, 3.63) is 29.3 Å². The van der Waals surface area contributed by atoms with Crippen LogP contribution in [0.1, 0.15) is 5.56 Å². The minimum atomic E-state index is 0.0716. The molecule has 0 bridgehead atoms. The topological polar surface area (TPSA) is 80.7 Å². The SMILES string of the molecule is COc1cc(/C=C(/C#N)C(N)=S)ccc1OCCN1CCOCC1. The summed E-state index contributed by atoms with van der Waals surface area (Å²) in [6.45, 7) is 4.82. The lowest BCUT2D eigenvalue weighted by molar-refractivity contribution is 0.0321. The van der Waals surface area contributed by atoms with Gasteiger partial charge in [0, 0.05) is 19.6 Å². The van der Waals surface area contributed by atoms with E-state index in [1.807, 2.05) is 18.2 Å². The number of nitriles is 1. The summed E-state index contributed by atoms with van der Waals surface area (Å²) in [4.78, 5) is 2.37. The number of thiocarbonyl (C=S) groups is 1. The molecular formula is C17H21N3O3S. The van der Waals surface area contributed by atoms with E-state index in [0.29, 0.717) is 18.1 Å². The molecule has 0 aromatic heterocycles. The highest BCUT2D eigenvalue weighted by molar-refractivity contribution is 7.80. The number of morpholine rings is 1. The van der Waals surface area contributed by atoms with Crippen molar-refractivity contribution in [2.75, 3.05) is 46.6 Å². The molecule has 1 aromatic carbocycles. The lowest BCUT2D eigenvalue weighted by atomic mass is 10.1. The fourth-order valence-corrected chi connectivity index (χ4v) is 2.43. The van der Waals surface area contributed by atoms with Gasteiger partial charge in [-0.15, -0.1) is 0 Å². The summed E-state index contributed by atoms with van der Waals surface area (Å²) in [5, 5.41) is 9.02. The van der Waals surface area contributed by atoms with Crippen LogP contribution in [0.4, 0.5) is 0 Å². The van der Waals surface area contributed by atoms with Crippen molar-refractivity contribution >= 4 is 23.3 Å². The fourth-order valence-electron chi connectivity index (χ4n) is 2.33. The number of rotatable bonds is 7. The highest BCUT2D eigenvalue weighted by atomic mass is 32.1. The number of methoxy groups -OCH3 is 1. The first-order chi connectivity index (χ1) is 11.6. The van der Waals surface area contributed by atoms with Gasteiger partial charge in [-0.3, -0.25) is 4.90 Å².